The van der Waals surface area contributed by atoms with E-state index in [1.807, 2.05) is 42.1 Å². The van der Waals surface area contributed by atoms with E-state index < -0.39 is 0 Å². The van der Waals surface area contributed by atoms with Gasteiger partial charge in [0.05, 0.1) is 6.54 Å². The second-order valence-electron chi connectivity index (χ2n) is 6.05. The van der Waals surface area contributed by atoms with Crippen LogP contribution in [0.2, 0.25) is 0 Å². The normalized spacial score (nSPS) is 21.6. The van der Waals surface area contributed by atoms with Gasteiger partial charge in [0.15, 0.2) is 5.17 Å². The summed E-state index contributed by atoms with van der Waals surface area (Å²) >= 11 is 1.81. The van der Waals surface area contributed by atoms with Gasteiger partial charge >= 0.3 is 0 Å². The van der Waals surface area contributed by atoms with Crippen molar-refractivity contribution in [1.82, 2.24) is 5.32 Å². The van der Waals surface area contributed by atoms with E-state index in [4.69, 9.17) is 4.74 Å². The molecule has 0 bridgehead atoms. The Morgan fingerprint density at radius 3 is 2.75 bits per heavy atom. The molecule has 1 saturated heterocycles. The van der Waals surface area contributed by atoms with Crippen LogP contribution in [0.5, 0.6) is 5.75 Å². The van der Waals surface area contributed by atoms with E-state index in [9.17, 15) is 0 Å². The summed E-state index contributed by atoms with van der Waals surface area (Å²) in [6, 6.07) is 10.4. The zero-order valence-corrected chi connectivity index (χ0v) is 13.4. The molecule has 1 fully saturated rings. The summed E-state index contributed by atoms with van der Waals surface area (Å²) in [7, 11) is 0. The smallest absolute Gasteiger partial charge is 0.156 e. The van der Waals surface area contributed by atoms with Gasteiger partial charge in [-0.1, -0.05) is 50.7 Å². The maximum Gasteiger partial charge on any atom is 0.156 e. The van der Waals surface area contributed by atoms with E-state index >= 15 is 0 Å². The minimum atomic E-state index is 0.280. The van der Waals surface area contributed by atoms with Gasteiger partial charge in [-0.25, -0.2) is 0 Å². The molecule has 110 valence electrons. The van der Waals surface area contributed by atoms with Crippen molar-refractivity contribution in [3.8, 4) is 5.75 Å². The van der Waals surface area contributed by atoms with Crippen molar-refractivity contribution in [2.24, 2.45) is 10.4 Å². The topological polar surface area (TPSA) is 33.6 Å². The van der Waals surface area contributed by atoms with Crippen LogP contribution in [0.15, 0.2) is 35.3 Å². The van der Waals surface area contributed by atoms with Crippen molar-refractivity contribution >= 4 is 16.9 Å². The molecule has 1 N–H and O–H groups in total. The highest BCUT2D eigenvalue weighted by Gasteiger charge is 2.28. The molecule has 0 saturated carbocycles. The van der Waals surface area contributed by atoms with Gasteiger partial charge in [-0.2, -0.15) is 0 Å². The number of para-hydroxylation sites is 1. The molecule has 1 aromatic carbocycles. The van der Waals surface area contributed by atoms with Crippen molar-refractivity contribution in [1.29, 1.82) is 0 Å². The summed E-state index contributed by atoms with van der Waals surface area (Å²) in [5.74, 6) is 2.05. The lowest BCUT2D eigenvalue weighted by molar-refractivity contribution is 0.289. The molecule has 1 aliphatic heterocycles. The lowest BCUT2D eigenvalue weighted by Gasteiger charge is -2.35. The van der Waals surface area contributed by atoms with Crippen LogP contribution in [0.25, 0.3) is 0 Å². The number of ether oxygens (including phenoxy) is 1. The Balaban J connectivity index is 1.77. The van der Waals surface area contributed by atoms with Gasteiger partial charge < -0.3 is 10.1 Å². The fourth-order valence-electron chi connectivity index (χ4n) is 2.10. The van der Waals surface area contributed by atoms with Crippen molar-refractivity contribution in [3.63, 3.8) is 0 Å². The first kappa shape index (κ1) is 15.2. The van der Waals surface area contributed by atoms with Crippen molar-refractivity contribution in [3.05, 3.63) is 30.3 Å². The highest BCUT2D eigenvalue weighted by Crippen LogP contribution is 2.27. The molecule has 1 unspecified atom stereocenters. The number of hydrogen-bond acceptors (Lipinski definition) is 3. The molecule has 1 aliphatic rings. The summed E-state index contributed by atoms with van der Waals surface area (Å²) in [6.45, 7) is 8.14. The molecule has 1 heterocycles. The van der Waals surface area contributed by atoms with Crippen LogP contribution in [-0.2, 0) is 0 Å². The lowest BCUT2D eigenvalue weighted by atomic mass is 9.85. The van der Waals surface area contributed by atoms with E-state index in [0.29, 0.717) is 19.2 Å². The van der Waals surface area contributed by atoms with Gasteiger partial charge in [-0.05, 0) is 24.0 Å². The molecular weight excluding hydrogens is 268 g/mol. The summed E-state index contributed by atoms with van der Waals surface area (Å²) in [6.07, 6.45) is 1.20. The zero-order valence-electron chi connectivity index (χ0n) is 12.6. The van der Waals surface area contributed by atoms with Gasteiger partial charge in [-0.3, -0.25) is 4.99 Å². The number of hydrogen-bond donors (Lipinski definition) is 1. The van der Waals surface area contributed by atoms with Crippen LogP contribution in [0, 0.1) is 5.41 Å². The monoisotopic (exact) mass is 292 g/mol. The fraction of sp³-hybridized carbons (Fsp3) is 0.562. The molecule has 1 aromatic rings. The predicted octanol–water partition coefficient (Wildman–Crippen LogP) is 3.56. The molecule has 0 radical (unpaired) electrons. The number of nitrogens with zero attached hydrogens (tertiary/aromatic N) is 1. The Morgan fingerprint density at radius 1 is 1.30 bits per heavy atom. The second-order valence-corrected chi connectivity index (χ2v) is 7.13. The Labute approximate surface area is 126 Å². The Bertz CT molecular complexity index is 440. The summed E-state index contributed by atoms with van der Waals surface area (Å²) < 4.78 is 5.65. The number of rotatable bonds is 4. The van der Waals surface area contributed by atoms with E-state index in [-0.39, 0.29) is 5.41 Å². The Kier molecular flexibility index (Phi) is 5.35. The minimum Gasteiger partial charge on any atom is -0.492 e. The van der Waals surface area contributed by atoms with Gasteiger partial charge in [0.25, 0.3) is 0 Å². The first-order valence-electron chi connectivity index (χ1n) is 7.17. The molecule has 1 atom stereocenters. The summed E-state index contributed by atoms with van der Waals surface area (Å²) in [5, 5.41) is 4.61. The largest absolute Gasteiger partial charge is 0.492 e. The summed E-state index contributed by atoms with van der Waals surface area (Å²) in [5.41, 5.74) is 0.280. The first-order chi connectivity index (χ1) is 9.55. The van der Waals surface area contributed by atoms with Crippen LogP contribution in [0.4, 0.5) is 0 Å². The number of thioether (sulfide) groups is 1. The first-order valence-corrected chi connectivity index (χ1v) is 8.16. The van der Waals surface area contributed by atoms with Crippen LogP contribution < -0.4 is 10.1 Å². The number of amidine groups is 1. The third-order valence-corrected chi connectivity index (χ3v) is 4.31. The van der Waals surface area contributed by atoms with Crippen LogP contribution in [-0.4, -0.2) is 30.1 Å². The molecule has 0 aromatic heterocycles. The van der Waals surface area contributed by atoms with Crippen LogP contribution in [0.3, 0.4) is 0 Å². The van der Waals surface area contributed by atoms with Gasteiger partial charge in [0.2, 0.25) is 0 Å². The maximum atomic E-state index is 5.65. The molecule has 0 aliphatic carbocycles. The quantitative estimate of drug-likeness (QED) is 0.862. The van der Waals surface area contributed by atoms with Crippen LogP contribution >= 0.6 is 11.8 Å². The van der Waals surface area contributed by atoms with E-state index in [2.05, 4.69) is 31.1 Å². The molecule has 0 spiro atoms. The highest BCUT2D eigenvalue weighted by molar-refractivity contribution is 8.13. The Hall–Kier alpha value is -1.16. The number of nitrogens with one attached hydrogen (secondary N) is 1. The summed E-state index contributed by atoms with van der Waals surface area (Å²) in [4.78, 5) is 4.61. The molecule has 2 rings (SSSR count). The van der Waals surface area contributed by atoms with Gasteiger partial charge in [-0.15, -0.1) is 0 Å². The highest BCUT2D eigenvalue weighted by atomic mass is 32.2. The third-order valence-electron chi connectivity index (χ3n) is 3.35. The molecule has 20 heavy (non-hydrogen) atoms. The van der Waals surface area contributed by atoms with E-state index in [0.717, 1.165) is 16.7 Å². The SMILES string of the molecule is CC(C)(C)C1CCSC(=NCCOc2ccccc2)N1. The average molecular weight is 292 g/mol. The molecule has 4 heteroatoms. The van der Waals surface area contributed by atoms with Gasteiger partial charge in [0, 0.05) is 11.8 Å². The lowest BCUT2D eigenvalue weighted by Crippen LogP contribution is -2.46. The fourth-order valence-corrected chi connectivity index (χ4v) is 3.06. The van der Waals surface area contributed by atoms with Crippen molar-refractivity contribution in [2.45, 2.75) is 33.2 Å². The average Bonchev–Trinajstić information content (AvgIpc) is 2.44. The van der Waals surface area contributed by atoms with Crippen molar-refractivity contribution in [2.75, 3.05) is 18.9 Å². The Morgan fingerprint density at radius 2 is 2.05 bits per heavy atom. The van der Waals surface area contributed by atoms with E-state index in [1.165, 1.54) is 6.42 Å². The minimum absolute atomic E-state index is 0.280. The maximum absolute atomic E-state index is 5.65. The molecule has 0 amide bonds. The zero-order chi connectivity index (χ0) is 14.4. The number of aliphatic imine (C=N–C) groups is 1. The molecule has 3 nitrogen and oxygen atoms in total. The number of benzene rings is 1. The standard InChI is InChI=1S/C16H24N2OS/c1-16(2,3)14-9-12-20-15(18-14)17-10-11-19-13-7-5-4-6-8-13/h4-8,14H,9-12H2,1-3H3,(H,17,18). The molecular formula is C16H24N2OS. The van der Waals surface area contributed by atoms with Crippen LogP contribution in [0.1, 0.15) is 27.2 Å². The van der Waals surface area contributed by atoms with E-state index in [1.54, 1.807) is 0 Å². The van der Waals surface area contributed by atoms with Crippen molar-refractivity contribution < 1.29 is 4.74 Å². The second kappa shape index (κ2) is 7.02. The predicted molar refractivity (Wildman–Crippen MR) is 87.7 cm³/mol. The third kappa shape index (κ3) is 4.75. The van der Waals surface area contributed by atoms with Gasteiger partial charge in [0.1, 0.15) is 12.4 Å².